The maximum absolute atomic E-state index is 12.3. The molecule has 0 aliphatic heterocycles. The Labute approximate surface area is 125 Å². The zero-order valence-corrected chi connectivity index (χ0v) is 12.5. The first-order chi connectivity index (χ1) is 10.1. The van der Waals surface area contributed by atoms with E-state index in [1.165, 1.54) is 12.8 Å². The summed E-state index contributed by atoms with van der Waals surface area (Å²) in [6, 6.07) is 7.59. The summed E-state index contributed by atoms with van der Waals surface area (Å²) in [5, 5.41) is 4.29. The third-order valence-corrected chi connectivity index (χ3v) is 4.58. The number of nitrogens with two attached hydrogens (primary N) is 1. The van der Waals surface area contributed by atoms with Crippen LogP contribution in [0.1, 0.15) is 38.2 Å². The Morgan fingerprint density at radius 2 is 2.10 bits per heavy atom. The lowest BCUT2D eigenvalue weighted by Crippen LogP contribution is -2.51. The molecule has 1 saturated carbocycles. The van der Waals surface area contributed by atoms with E-state index in [1.54, 1.807) is 0 Å². The van der Waals surface area contributed by atoms with Gasteiger partial charge in [0.2, 0.25) is 5.91 Å². The predicted octanol–water partition coefficient (Wildman–Crippen LogP) is 2.49. The number of para-hydroxylation sites is 1. The Morgan fingerprint density at radius 3 is 2.86 bits per heavy atom. The molecule has 4 heteroatoms. The van der Waals surface area contributed by atoms with Gasteiger partial charge in [-0.05, 0) is 37.8 Å². The van der Waals surface area contributed by atoms with Crippen LogP contribution in [0.2, 0.25) is 0 Å². The molecular formula is C17H23N3O. The van der Waals surface area contributed by atoms with E-state index in [0.717, 1.165) is 29.3 Å². The molecule has 1 heterocycles. The molecule has 3 rings (SSSR count). The Balaban J connectivity index is 1.68. The molecule has 4 N–H and O–H groups in total. The topological polar surface area (TPSA) is 70.9 Å². The summed E-state index contributed by atoms with van der Waals surface area (Å²) in [6.07, 6.45) is 7.00. The number of nitrogens with one attached hydrogen (secondary N) is 2. The number of carbonyl (C=O) groups excluding carboxylic acids is 1. The second-order valence-corrected chi connectivity index (χ2v) is 6.43. The largest absolute Gasteiger partial charge is 0.361 e. The monoisotopic (exact) mass is 285 g/mol. The first-order valence-electron chi connectivity index (χ1n) is 7.70. The molecule has 1 aromatic carbocycles. The first kappa shape index (κ1) is 14.1. The van der Waals surface area contributed by atoms with Gasteiger partial charge in [0.1, 0.15) is 0 Å². The van der Waals surface area contributed by atoms with Crippen LogP contribution in [0.15, 0.2) is 30.5 Å². The van der Waals surface area contributed by atoms with Crippen LogP contribution in [0, 0.1) is 0 Å². The molecule has 0 bridgehead atoms. The molecule has 1 amide bonds. The van der Waals surface area contributed by atoms with Crippen molar-refractivity contribution in [3.8, 4) is 0 Å². The maximum atomic E-state index is 12.3. The van der Waals surface area contributed by atoms with Crippen molar-refractivity contribution in [3.63, 3.8) is 0 Å². The Kier molecular flexibility index (Phi) is 3.72. The molecule has 21 heavy (non-hydrogen) atoms. The zero-order valence-electron chi connectivity index (χ0n) is 12.5. The van der Waals surface area contributed by atoms with Crippen LogP contribution in [0.3, 0.4) is 0 Å². The Hall–Kier alpha value is -1.81. The summed E-state index contributed by atoms with van der Waals surface area (Å²) in [4.78, 5) is 15.5. The number of fused-ring (bicyclic) bond motifs is 1. The average Bonchev–Trinajstić information content (AvgIpc) is 3.06. The van der Waals surface area contributed by atoms with Gasteiger partial charge in [0.25, 0.3) is 0 Å². The van der Waals surface area contributed by atoms with E-state index < -0.39 is 6.04 Å². The van der Waals surface area contributed by atoms with Crippen LogP contribution < -0.4 is 11.1 Å². The molecule has 1 fully saturated rings. The highest BCUT2D eigenvalue weighted by Gasteiger charge is 2.31. The molecule has 2 aromatic rings. The molecule has 1 aliphatic carbocycles. The molecule has 0 unspecified atom stereocenters. The minimum absolute atomic E-state index is 0.0373. The fourth-order valence-electron chi connectivity index (χ4n) is 3.30. The quantitative estimate of drug-likeness (QED) is 0.807. The number of amides is 1. The lowest BCUT2D eigenvalue weighted by atomic mass is 9.99. The van der Waals surface area contributed by atoms with Crippen molar-refractivity contribution in [3.05, 3.63) is 36.0 Å². The predicted molar refractivity (Wildman–Crippen MR) is 85.0 cm³/mol. The van der Waals surface area contributed by atoms with Gasteiger partial charge in [-0.25, -0.2) is 0 Å². The van der Waals surface area contributed by atoms with E-state index in [4.69, 9.17) is 5.73 Å². The van der Waals surface area contributed by atoms with E-state index in [0.29, 0.717) is 6.42 Å². The number of aromatic nitrogens is 1. The van der Waals surface area contributed by atoms with Gasteiger partial charge < -0.3 is 16.0 Å². The van der Waals surface area contributed by atoms with Gasteiger partial charge in [0.15, 0.2) is 0 Å². The number of benzene rings is 1. The van der Waals surface area contributed by atoms with E-state index in [9.17, 15) is 4.79 Å². The molecule has 112 valence electrons. The summed E-state index contributed by atoms with van der Waals surface area (Å²) in [6.45, 7) is 2.12. The number of aromatic amines is 1. The van der Waals surface area contributed by atoms with Crippen molar-refractivity contribution in [2.24, 2.45) is 5.73 Å². The number of hydrogen-bond acceptors (Lipinski definition) is 2. The first-order valence-corrected chi connectivity index (χ1v) is 7.70. The number of carbonyl (C=O) groups is 1. The summed E-state index contributed by atoms with van der Waals surface area (Å²) in [7, 11) is 0. The van der Waals surface area contributed by atoms with E-state index in [1.807, 2.05) is 24.4 Å². The normalized spacial score (nSPS) is 18.8. The van der Waals surface area contributed by atoms with Crippen LogP contribution in [0.5, 0.6) is 0 Å². The molecule has 0 spiro atoms. The Bertz CT molecular complexity index is 640. The van der Waals surface area contributed by atoms with Crippen LogP contribution in [0.4, 0.5) is 0 Å². The van der Waals surface area contributed by atoms with E-state index in [-0.39, 0.29) is 11.4 Å². The SMILES string of the molecule is CC1(NC(=O)[C@@H](N)Cc2c[nH]c3ccccc23)CCCC1. The van der Waals surface area contributed by atoms with Gasteiger partial charge in [-0.15, -0.1) is 0 Å². The molecule has 0 radical (unpaired) electrons. The molecule has 1 aliphatic rings. The van der Waals surface area contributed by atoms with Crippen LogP contribution >= 0.6 is 0 Å². The fourth-order valence-corrected chi connectivity index (χ4v) is 3.30. The summed E-state index contributed by atoms with van der Waals surface area (Å²) < 4.78 is 0. The third-order valence-electron chi connectivity index (χ3n) is 4.58. The van der Waals surface area contributed by atoms with E-state index >= 15 is 0 Å². The highest BCUT2D eigenvalue weighted by Crippen LogP contribution is 2.29. The van der Waals surface area contributed by atoms with Crippen LogP contribution in [-0.2, 0) is 11.2 Å². The molecule has 4 nitrogen and oxygen atoms in total. The summed E-state index contributed by atoms with van der Waals surface area (Å²) in [5.74, 6) is -0.0373. The van der Waals surface area contributed by atoms with Crippen molar-refractivity contribution in [1.82, 2.24) is 10.3 Å². The summed E-state index contributed by atoms with van der Waals surface area (Å²) >= 11 is 0. The lowest BCUT2D eigenvalue weighted by Gasteiger charge is -2.27. The smallest absolute Gasteiger partial charge is 0.237 e. The van der Waals surface area contributed by atoms with Crippen molar-refractivity contribution in [1.29, 1.82) is 0 Å². The van der Waals surface area contributed by atoms with Crippen molar-refractivity contribution >= 4 is 16.8 Å². The minimum Gasteiger partial charge on any atom is -0.361 e. The van der Waals surface area contributed by atoms with Crippen LogP contribution in [-0.4, -0.2) is 22.5 Å². The molecular weight excluding hydrogens is 262 g/mol. The number of rotatable bonds is 4. The summed E-state index contributed by atoms with van der Waals surface area (Å²) in [5.41, 5.74) is 8.24. The number of hydrogen-bond donors (Lipinski definition) is 3. The van der Waals surface area contributed by atoms with Gasteiger partial charge in [0, 0.05) is 22.6 Å². The Morgan fingerprint density at radius 1 is 1.38 bits per heavy atom. The van der Waals surface area contributed by atoms with Gasteiger partial charge in [-0.2, -0.15) is 0 Å². The molecule has 1 aromatic heterocycles. The van der Waals surface area contributed by atoms with Gasteiger partial charge >= 0.3 is 0 Å². The standard InChI is InChI=1S/C17H23N3O/c1-17(8-4-5-9-17)20-16(21)14(18)10-12-11-19-15-7-3-2-6-13(12)15/h2-3,6-7,11,14,19H,4-5,8-10,18H2,1H3,(H,20,21)/t14-/m0/s1. The van der Waals surface area contributed by atoms with Gasteiger partial charge in [-0.1, -0.05) is 31.0 Å². The van der Waals surface area contributed by atoms with Crippen molar-refractivity contribution in [2.45, 2.75) is 50.6 Å². The zero-order chi connectivity index (χ0) is 14.9. The minimum atomic E-state index is -0.498. The fraction of sp³-hybridized carbons (Fsp3) is 0.471. The lowest BCUT2D eigenvalue weighted by molar-refractivity contribution is -0.124. The van der Waals surface area contributed by atoms with Crippen LogP contribution in [0.25, 0.3) is 10.9 Å². The van der Waals surface area contributed by atoms with Gasteiger partial charge in [0.05, 0.1) is 6.04 Å². The van der Waals surface area contributed by atoms with E-state index in [2.05, 4.69) is 23.3 Å². The molecule has 1 atom stereocenters. The molecule has 0 saturated heterocycles. The highest BCUT2D eigenvalue weighted by atomic mass is 16.2. The second-order valence-electron chi connectivity index (χ2n) is 6.43. The second kappa shape index (κ2) is 5.53. The maximum Gasteiger partial charge on any atom is 0.237 e. The third kappa shape index (κ3) is 2.95. The van der Waals surface area contributed by atoms with Gasteiger partial charge in [-0.3, -0.25) is 4.79 Å². The average molecular weight is 285 g/mol. The number of H-pyrrole nitrogens is 1. The van der Waals surface area contributed by atoms with Crippen molar-refractivity contribution < 1.29 is 4.79 Å². The highest BCUT2D eigenvalue weighted by molar-refractivity contribution is 5.86. The van der Waals surface area contributed by atoms with Crippen molar-refractivity contribution in [2.75, 3.05) is 0 Å².